The van der Waals surface area contributed by atoms with Crippen molar-refractivity contribution in [2.24, 2.45) is 35.5 Å². The molecule has 1 rings (SSSR count). The first-order chi connectivity index (χ1) is 12.4. The molecule has 4 unspecified atom stereocenters. The second-order valence-corrected chi connectivity index (χ2v) is 10.3. The number of unbranched alkanes of at least 4 members (excludes halogenated alkanes) is 1. The van der Waals surface area contributed by atoms with Crippen LogP contribution in [-0.2, 0) is 0 Å². The molecule has 0 heterocycles. The van der Waals surface area contributed by atoms with Crippen molar-refractivity contribution in [3.63, 3.8) is 0 Å². The van der Waals surface area contributed by atoms with E-state index >= 15 is 0 Å². The van der Waals surface area contributed by atoms with Gasteiger partial charge in [0.25, 0.3) is 0 Å². The van der Waals surface area contributed by atoms with Gasteiger partial charge < -0.3 is 0 Å². The van der Waals surface area contributed by atoms with E-state index in [2.05, 4.69) is 47.3 Å². The zero-order chi connectivity index (χ0) is 19.4. The molecule has 26 heavy (non-hydrogen) atoms. The van der Waals surface area contributed by atoms with Gasteiger partial charge in [-0.25, -0.2) is 0 Å². The maximum atomic E-state index is 3.88. The van der Waals surface area contributed by atoms with Crippen LogP contribution in [-0.4, -0.2) is 0 Å². The molecule has 1 aliphatic carbocycles. The highest BCUT2D eigenvalue weighted by Crippen LogP contribution is 2.37. The van der Waals surface area contributed by atoms with Crippen molar-refractivity contribution in [3.8, 4) is 0 Å². The Bertz CT molecular complexity index is 338. The highest BCUT2D eigenvalue weighted by atomic mass is 14.3. The van der Waals surface area contributed by atoms with E-state index in [9.17, 15) is 0 Å². The summed E-state index contributed by atoms with van der Waals surface area (Å²) in [5, 5.41) is 0. The average molecular weight is 363 g/mol. The Balaban J connectivity index is 2.01. The molecule has 0 heteroatoms. The van der Waals surface area contributed by atoms with Crippen LogP contribution in [0.5, 0.6) is 0 Å². The third-order valence-electron chi connectivity index (χ3n) is 6.84. The van der Waals surface area contributed by atoms with E-state index in [1.807, 2.05) is 0 Å². The fourth-order valence-electron chi connectivity index (χ4n) is 4.82. The van der Waals surface area contributed by atoms with Gasteiger partial charge >= 0.3 is 0 Å². The number of hydrogen-bond acceptors (Lipinski definition) is 0. The molecule has 0 aromatic rings. The van der Waals surface area contributed by atoms with E-state index in [4.69, 9.17) is 0 Å². The standard InChI is InChI=1S/C26H50/c1-7-8-15-26(21(2)3)16-10-9-12-22(4)13-11-14-23(5)19-24(6)20-25-17-18-25/h7,21-26H,1,8-20H2,2-6H3. The highest BCUT2D eigenvalue weighted by molar-refractivity contribution is 4.76. The Morgan fingerprint density at radius 3 is 2.00 bits per heavy atom. The molecule has 0 aromatic heterocycles. The Morgan fingerprint density at radius 2 is 1.38 bits per heavy atom. The van der Waals surface area contributed by atoms with E-state index in [1.165, 1.54) is 83.5 Å². The average Bonchev–Trinajstić information content (AvgIpc) is 3.37. The van der Waals surface area contributed by atoms with Gasteiger partial charge in [0.2, 0.25) is 0 Å². The van der Waals surface area contributed by atoms with Crippen LogP contribution in [0.1, 0.15) is 118 Å². The number of hydrogen-bond donors (Lipinski definition) is 0. The summed E-state index contributed by atoms with van der Waals surface area (Å²) in [4.78, 5) is 0. The Morgan fingerprint density at radius 1 is 0.769 bits per heavy atom. The predicted molar refractivity (Wildman–Crippen MR) is 120 cm³/mol. The van der Waals surface area contributed by atoms with Crippen molar-refractivity contribution in [2.45, 2.75) is 118 Å². The molecule has 0 aliphatic heterocycles. The smallest absolute Gasteiger partial charge is 0.0351 e. The molecule has 1 aliphatic rings. The van der Waals surface area contributed by atoms with Gasteiger partial charge in [-0.1, -0.05) is 98.5 Å². The first-order valence-electron chi connectivity index (χ1n) is 12.0. The van der Waals surface area contributed by atoms with Crippen LogP contribution in [0.3, 0.4) is 0 Å². The van der Waals surface area contributed by atoms with Gasteiger partial charge in [0.1, 0.15) is 0 Å². The third-order valence-corrected chi connectivity index (χ3v) is 6.84. The Kier molecular flexibility index (Phi) is 12.7. The van der Waals surface area contributed by atoms with Crippen molar-refractivity contribution >= 4 is 0 Å². The second-order valence-electron chi connectivity index (χ2n) is 10.3. The van der Waals surface area contributed by atoms with Crippen molar-refractivity contribution in [2.75, 3.05) is 0 Å². The monoisotopic (exact) mass is 362 g/mol. The SMILES string of the molecule is C=CCCC(CCCCC(C)CCCC(C)CC(C)CC1CC1)C(C)C. The molecule has 0 radical (unpaired) electrons. The predicted octanol–water partition coefficient (Wildman–Crippen LogP) is 9.05. The van der Waals surface area contributed by atoms with E-state index in [-0.39, 0.29) is 0 Å². The lowest BCUT2D eigenvalue weighted by molar-refractivity contribution is 0.317. The second kappa shape index (κ2) is 13.8. The normalized spacial score (nSPS) is 19.3. The maximum Gasteiger partial charge on any atom is -0.0351 e. The molecular formula is C26H50. The van der Waals surface area contributed by atoms with E-state index in [1.54, 1.807) is 0 Å². The van der Waals surface area contributed by atoms with Crippen molar-refractivity contribution in [1.82, 2.24) is 0 Å². The molecule has 0 N–H and O–H groups in total. The number of rotatable bonds is 17. The highest BCUT2D eigenvalue weighted by Gasteiger charge is 2.24. The van der Waals surface area contributed by atoms with Crippen LogP contribution in [0.25, 0.3) is 0 Å². The molecule has 154 valence electrons. The first-order valence-corrected chi connectivity index (χ1v) is 12.0. The maximum absolute atomic E-state index is 3.88. The Hall–Kier alpha value is -0.260. The largest absolute Gasteiger partial charge is 0.103 e. The summed E-state index contributed by atoms with van der Waals surface area (Å²) in [6.07, 6.45) is 20.7. The third kappa shape index (κ3) is 12.2. The van der Waals surface area contributed by atoms with Crippen LogP contribution in [0.4, 0.5) is 0 Å². The zero-order valence-electron chi connectivity index (χ0n) is 18.9. The summed E-state index contributed by atoms with van der Waals surface area (Å²) in [5.74, 6) is 5.66. The van der Waals surface area contributed by atoms with E-state index in [0.29, 0.717) is 0 Å². The molecule has 0 nitrogen and oxygen atoms in total. The summed E-state index contributed by atoms with van der Waals surface area (Å²) in [6, 6.07) is 0. The van der Waals surface area contributed by atoms with Crippen LogP contribution >= 0.6 is 0 Å². The summed E-state index contributed by atoms with van der Waals surface area (Å²) < 4.78 is 0. The van der Waals surface area contributed by atoms with Gasteiger partial charge in [0.15, 0.2) is 0 Å². The van der Waals surface area contributed by atoms with E-state index in [0.717, 1.165) is 35.5 Å². The van der Waals surface area contributed by atoms with Crippen LogP contribution < -0.4 is 0 Å². The summed E-state index contributed by atoms with van der Waals surface area (Å²) in [7, 11) is 0. The molecule has 0 amide bonds. The Labute approximate surface area is 166 Å². The van der Waals surface area contributed by atoms with Crippen molar-refractivity contribution < 1.29 is 0 Å². The quantitative estimate of drug-likeness (QED) is 0.179. The van der Waals surface area contributed by atoms with Crippen LogP contribution in [0.2, 0.25) is 0 Å². The van der Waals surface area contributed by atoms with Crippen molar-refractivity contribution in [3.05, 3.63) is 12.7 Å². The fraction of sp³-hybridized carbons (Fsp3) is 0.923. The van der Waals surface area contributed by atoms with Crippen LogP contribution in [0.15, 0.2) is 12.7 Å². The molecule has 0 bridgehead atoms. The lowest BCUT2D eigenvalue weighted by Crippen LogP contribution is -2.08. The summed E-state index contributed by atoms with van der Waals surface area (Å²) in [6.45, 7) is 16.1. The van der Waals surface area contributed by atoms with Gasteiger partial charge in [-0.05, 0) is 61.2 Å². The van der Waals surface area contributed by atoms with E-state index < -0.39 is 0 Å². The minimum absolute atomic E-state index is 0.830. The minimum atomic E-state index is 0.830. The zero-order valence-corrected chi connectivity index (χ0v) is 18.9. The minimum Gasteiger partial charge on any atom is -0.103 e. The topological polar surface area (TPSA) is 0 Å². The van der Waals surface area contributed by atoms with Gasteiger partial charge in [-0.15, -0.1) is 6.58 Å². The van der Waals surface area contributed by atoms with Crippen LogP contribution in [0, 0.1) is 35.5 Å². The molecule has 1 fully saturated rings. The number of allylic oxidation sites excluding steroid dienone is 1. The molecule has 0 spiro atoms. The summed E-state index contributed by atoms with van der Waals surface area (Å²) in [5.41, 5.74) is 0. The molecule has 4 atom stereocenters. The summed E-state index contributed by atoms with van der Waals surface area (Å²) >= 11 is 0. The van der Waals surface area contributed by atoms with Gasteiger partial charge in [0.05, 0.1) is 0 Å². The molecule has 1 saturated carbocycles. The van der Waals surface area contributed by atoms with Gasteiger partial charge in [0, 0.05) is 0 Å². The molecular weight excluding hydrogens is 312 g/mol. The lowest BCUT2D eigenvalue weighted by Gasteiger charge is -2.21. The lowest BCUT2D eigenvalue weighted by atomic mass is 9.85. The van der Waals surface area contributed by atoms with Crippen molar-refractivity contribution in [1.29, 1.82) is 0 Å². The molecule has 0 saturated heterocycles. The first kappa shape index (κ1) is 23.8. The van der Waals surface area contributed by atoms with Gasteiger partial charge in [-0.3, -0.25) is 0 Å². The van der Waals surface area contributed by atoms with Gasteiger partial charge in [-0.2, -0.15) is 0 Å². The fourth-order valence-corrected chi connectivity index (χ4v) is 4.82. The molecule has 0 aromatic carbocycles.